The van der Waals surface area contributed by atoms with Crippen LogP contribution in [0, 0.1) is 5.41 Å². The van der Waals surface area contributed by atoms with E-state index in [0.717, 1.165) is 6.54 Å². The van der Waals surface area contributed by atoms with Crippen molar-refractivity contribution >= 4 is 5.96 Å². The SMILES string of the molecule is CC1(CN=C(N)NC2CC2)CCCCCC1. The van der Waals surface area contributed by atoms with Crippen molar-refractivity contribution in [3.05, 3.63) is 0 Å². The molecule has 2 fully saturated rings. The third-order valence-electron chi connectivity index (χ3n) is 3.87. The lowest BCUT2D eigenvalue weighted by molar-refractivity contribution is 0.290. The molecule has 2 aliphatic carbocycles. The number of aliphatic imine (C=N–C) groups is 1. The van der Waals surface area contributed by atoms with Crippen molar-refractivity contribution < 1.29 is 0 Å². The van der Waals surface area contributed by atoms with Crippen LogP contribution in [0.4, 0.5) is 0 Å². The largest absolute Gasteiger partial charge is 0.370 e. The minimum Gasteiger partial charge on any atom is -0.370 e. The highest BCUT2D eigenvalue weighted by molar-refractivity contribution is 5.78. The zero-order valence-corrected chi connectivity index (χ0v) is 10.5. The number of nitrogens with two attached hydrogens (primary N) is 1. The van der Waals surface area contributed by atoms with Gasteiger partial charge < -0.3 is 11.1 Å². The zero-order valence-electron chi connectivity index (χ0n) is 10.5. The Morgan fingerprint density at radius 2 is 1.88 bits per heavy atom. The molecule has 0 aromatic carbocycles. The minimum atomic E-state index is 0.395. The summed E-state index contributed by atoms with van der Waals surface area (Å²) in [6.45, 7) is 3.27. The third kappa shape index (κ3) is 3.69. The van der Waals surface area contributed by atoms with E-state index in [4.69, 9.17) is 5.73 Å². The van der Waals surface area contributed by atoms with Crippen molar-refractivity contribution in [1.29, 1.82) is 0 Å². The van der Waals surface area contributed by atoms with Gasteiger partial charge in [0.2, 0.25) is 0 Å². The summed E-state index contributed by atoms with van der Waals surface area (Å²) in [5, 5.41) is 3.25. The van der Waals surface area contributed by atoms with Gasteiger partial charge in [0.25, 0.3) is 0 Å². The number of hydrogen-bond donors (Lipinski definition) is 2. The van der Waals surface area contributed by atoms with E-state index in [-0.39, 0.29) is 0 Å². The second kappa shape index (κ2) is 5.07. The highest BCUT2D eigenvalue weighted by Crippen LogP contribution is 2.34. The third-order valence-corrected chi connectivity index (χ3v) is 3.87. The molecule has 2 aliphatic rings. The van der Waals surface area contributed by atoms with Crippen molar-refractivity contribution in [2.75, 3.05) is 6.54 Å². The smallest absolute Gasteiger partial charge is 0.188 e. The molecule has 0 radical (unpaired) electrons. The molecule has 0 unspecified atom stereocenters. The Morgan fingerprint density at radius 3 is 2.44 bits per heavy atom. The summed E-state index contributed by atoms with van der Waals surface area (Å²) < 4.78 is 0. The average molecular weight is 223 g/mol. The molecule has 0 atom stereocenters. The maximum absolute atomic E-state index is 5.87. The second-order valence-corrected chi connectivity index (χ2v) is 5.84. The van der Waals surface area contributed by atoms with E-state index >= 15 is 0 Å². The first-order valence-corrected chi connectivity index (χ1v) is 6.74. The molecule has 3 nitrogen and oxygen atoms in total. The summed E-state index contributed by atoms with van der Waals surface area (Å²) in [6, 6.07) is 0.616. The van der Waals surface area contributed by atoms with Crippen molar-refractivity contribution in [2.45, 2.75) is 64.3 Å². The lowest BCUT2D eigenvalue weighted by atomic mass is 9.83. The summed E-state index contributed by atoms with van der Waals surface area (Å²) in [5.74, 6) is 0.660. The van der Waals surface area contributed by atoms with Gasteiger partial charge in [0.05, 0.1) is 0 Å². The predicted octanol–water partition coefficient (Wildman–Crippen LogP) is 2.41. The van der Waals surface area contributed by atoms with Crippen LogP contribution in [0.3, 0.4) is 0 Å². The molecule has 0 spiro atoms. The molecule has 0 bridgehead atoms. The molecule has 0 saturated heterocycles. The molecule has 0 heterocycles. The zero-order chi connectivity index (χ0) is 11.4. The molecule has 2 rings (SSSR count). The topological polar surface area (TPSA) is 50.4 Å². The van der Waals surface area contributed by atoms with E-state index < -0.39 is 0 Å². The molecule has 16 heavy (non-hydrogen) atoms. The summed E-state index contributed by atoms with van der Waals surface area (Å²) in [7, 11) is 0. The van der Waals surface area contributed by atoms with E-state index in [1.165, 1.54) is 51.4 Å². The molecular formula is C13H25N3. The highest BCUT2D eigenvalue weighted by Gasteiger charge is 2.26. The Morgan fingerprint density at radius 1 is 1.25 bits per heavy atom. The van der Waals surface area contributed by atoms with Crippen LogP contribution < -0.4 is 11.1 Å². The van der Waals surface area contributed by atoms with Crippen molar-refractivity contribution in [1.82, 2.24) is 5.32 Å². The number of nitrogens with zero attached hydrogens (tertiary/aromatic N) is 1. The summed E-state index contributed by atoms with van der Waals surface area (Å²) in [6.07, 6.45) is 10.7. The maximum Gasteiger partial charge on any atom is 0.188 e. The van der Waals surface area contributed by atoms with Crippen LogP contribution in [0.5, 0.6) is 0 Å². The van der Waals surface area contributed by atoms with Gasteiger partial charge in [-0.3, -0.25) is 4.99 Å². The van der Waals surface area contributed by atoms with Crippen molar-refractivity contribution in [2.24, 2.45) is 16.1 Å². The van der Waals surface area contributed by atoms with Crippen molar-refractivity contribution in [3.8, 4) is 0 Å². The molecule has 92 valence electrons. The van der Waals surface area contributed by atoms with Crippen LogP contribution in [0.2, 0.25) is 0 Å². The summed E-state index contributed by atoms with van der Waals surface area (Å²) in [5.41, 5.74) is 6.26. The molecule has 3 N–H and O–H groups in total. The van der Waals surface area contributed by atoms with E-state index in [9.17, 15) is 0 Å². The fraction of sp³-hybridized carbons (Fsp3) is 0.923. The Hall–Kier alpha value is -0.730. The number of rotatable bonds is 3. The van der Waals surface area contributed by atoms with Crippen LogP contribution in [0.15, 0.2) is 4.99 Å². The summed E-state index contributed by atoms with van der Waals surface area (Å²) >= 11 is 0. The first-order chi connectivity index (χ1) is 7.68. The Labute approximate surface area is 98.9 Å². The van der Waals surface area contributed by atoms with Crippen LogP contribution in [-0.4, -0.2) is 18.5 Å². The van der Waals surface area contributed by atoms with Crippen molar-refractivity contribution in [3.63, 3.8) is 0 Å². The molecule has 0 aromatic rings. The maximum atomic E-state index is 5.87. The van der Waals surface area contributed by atoms with Gasteiger partial charge in [-0.25, -0.2) is 0 Å². The predicted molar refractivity (Wildman–Crippen MR) is 68.5 cm³/mol. The van der Waals surface area contributed by atoms with Gasteiger partial charge in [0, 0.05) is 12.6 Å². The van der Waals surface area contributed by atoms with E-state index in [1.807, 2.05) is 0 Å². The van der Waals surface area contributed by atoms with E-state index in [1.54, 1.807) is 0 Å². The first-order valence-electron chi connectivity index (χ1n) is 6.74. The lowest BCUT2D eigenvalue weighted by Gasteiger charge is -2.26. The summed E-state index contributed by atoms with van der Waals surface area (Å²) in [4.78, 5) is 4.52. The number of nitrogens with one attached hydrogen (secondary N) is 1. The lowest BCUT2D eigenvalue weighted by Crippen LogP contribution is -2.34. The van der Waals surface area contributed by atoms with Crippen LogP contribution in [-0.2, 0) is 0 Å². The van der Waals surface area contributed by atoms with Gasteiger partial charge in [-0.15, -0.1) is 0 Å². The first kappa shape index (κ1) is 11.7. The normalized spacial score (nSPS) is 26.2. The monoisotopic (exact) mass is 223 g/mol. The Balaban J connectivity index is 1.80. The van der Waals surface area contributed by atoms with Crippen LogP contribution >= 0.6 is 0 Å². The Bertz CT molecular complexity index is 248. The van der Waals surface area contributed by atoms with Gasteiger partial charge in [-0.05, 0) is 31.1 Å². The highest BCUT2D eigenvalue weighted by atomic mass is 15.1. The molecular weight excluding hydrogens is 198 g/mol. The second-order valence-electron chi connectivity index (χ2n) is 5.84. The van der Waals surface area contributed by atoms with Gasteiger partial charge >= 0.3 is 0 Å². The average Bonchev–Trinajstić information content (AvgIpc) is 3.05. The van der Waals surface area contributed by atoms with Gasteiger partial charge in [-0.2, -0.15) is 0 Å². The fourth-order valence-electron chi connectivity index (χ4n) is 2.50. The van der Waals surface area contributed by atoms with Crippen LogP contribution in [0.25, 0.3) is 0 Å². The number of hydrogen-bond acceptors (Lipinski definition) is 1. The molecule has 2 saturated carbocycles. The molecule has 0 aromatic heterocycles. The van der Waals surface area contributed by atoms with Gasteiger partial charge in [-0.1, -0.05) is 32.6 Å². The Kier molecular flexibility index (Phi) is 3.72. The molecule has 3 heteroatoms. The van der Waals surface area contributed by atoms with Gasteiger partial charge in [0.1, 0.15) is 0 Å². The van der Waals surface area contributed by atoms with Crippen LogP contribution in [0.1, 0.15) is 58.3 Å². The minimum absolute atomic E-state index is 0.395. The quantitative estimate of drug-likeness (QED) is 0.438. The van der Waals surface area contributed by atoms with E-state index in [2.05, 4.69) is 17.2 Å². The van der Waals surface area contributed by atoms with E-state index in [0.29, 0.717) is 17.4 Å². The molecule has 0 aliphatic heterocycles. The standard InChI is InChI=1S/C13H25N3/c1-13(8-4-2-3-5-9-13)10-15-12(14)16-11-6-7-11/h11H,2-10H2,1H3,(H3,14,15,16). The van der Waals surface area contributed by atoms with Gasteiger partial charge in [0.15, 0.2) is 5.96 Å². The molecule has 0 amide bonds. The number of guanidine groups is 1. The fourth-order valence-corrected chi connectivity index (χ4v) is 2.50.